The zero-order chi connectivity index (χ0) is 9.52. The van der Waals surface area contributed by atoms with E-state index in [2.05, 4.69) is 5.32 Å². The second-order valence-corrected chi connectivity index (χ2v) is 2.33. The number of amides is 1. The third kappa shape index (κ3) is 3.57. The number of carbonyl (C=O) groups is 1. The molecule has 1 rings (SSSR count). The maximum absolute atomic E-state index is 10.9. The molecule has 0 heterocycles. The molecule has 0 spiro atoms. The largest absolute Gasteiger partial charge is 0.412 e. The fourth-order valence-corrected chi connectivity index (χ4v) is 0.785. The minimum Gasteiger partial charge on any atom is -0.410 e. The zero-order valence-corrected chi connectivity index (χ0v) is 7.03. The first-order valence-corrected chi connectivity index (χ1v) is 3.92. The lowest BCUT2D eigenvalue weighted by Gasteiger charge is -2.03. The zero-order valence-electron chi connectivity index (χ0n) is 7.03. The molecule has 1 aromatic carbocycles. The summed E-state index contributed by atoms with van der Waals surface area (Å²) in [5.74, 6) is 0.464. The van der Waals surface area contributed by atoms with Gasteiger partial charge in [-0.3, -0.25) is 0 Å². The van der Waals surface area contributed by atoms with E-state index < -0.39 is 6.09 Å². The molecule has 0 saturated carbocycles. The fraction of sp³-hybridized carbons (Fsp3) is 0.222. The molecule has 4 nitrogen and oxygen atoms in total. The van der Waals surface area contributed by atoms with Gasteiger partial charge in [0.05, 0.1) is 6.61 Å². The van der Waals surface area contributed by atoms with Gasteiger partial charge in [-0.15, -0.1) is 0 Å². The van der Waals surface area contributed by atoms with E-state index in [9.17, 15) is 9.90 Å². The first kappa shape index (κ1) is 9.54. The summed E-state index contributed by atoms with van der Waals surface area (Å²) >= 11 is 0. The molecule has 1 aromatic rings. The highest BCUT2D eigenvalue weighted by Gasteiger charge is 2.01. The van der Waals surface area contributed by atoms with Crippen LogP contribution in [-0.4, -0.2) is 19.2 Å². The Balaban J connectivity index is 2.37. The molecule has 0 aliphatic heterocycles. The molecule has 0 unspecified atom stereocenters. The van der Waals surface area contributed by atoms with E-state index in [-0.39, 0.29) is 13.2 Å². The third-order valence-electron chi connectivity index (χ3n) is 1.33. The molecule has 0 bridgehead atoms. The van der Waals surface area contributed by atoms with Crippen LogP contribution in [0, 0.1) is 0 Å². The molecule has 13 heavy (non-hydrogen) atoms. The van der Waals surface area contributed by atoms with E-state index in [0.29, 0.717) is 5.75 Å². The predicted octanol–water partition coefficient (Wildman–Crippen LogP) is 1.21. The molecule has 0 aliphatic carbocycles. The van der Waals surface area contributed by atoms with Crippen molar-refractivity contribution in [3.63, 3.8) is 0 Å². The summed E-state index contributed by atoms with van der Waals surface area (Å²) < 4.78 is 4.83. The summed E-state index contributed by atoms with van der Waals surface area (Å²) in [6.45, 7) is -0.254. The Bertz CT molecular complexity index is 261. The molecule has 69 valence electrons. The molecule has 0 fully saturated rings. The van der Waals surface area contributed by atoms with Crippen molar-refractivity contribution in [1.29, 1.82) is 0 Å². The van der Waals surface area contributed by atoms with Crippen molar-refractivity contribution in [1.82, 2.24) is 5.32 Å². The minimum absolute atomic E-state index is 0.0890. The molecule has 0 saturated heterocycles. The van der Waals surface area contributed by atoms with Crippen molar-refractivity contribution in [2.24, 2.45) is 0 Å². The van der Waals surface area contributed by atoms with Crippen LogP contribution in [0.2, 0.25) is 0 Å². The van der Waals surface area contributed by atoms with Crippen LogP contribution >= 0.6 is 0 Å². The maximum Gasteiger partial charge on any atom is 0.412 e. The number of hydrogen-bond donors (Lipinski definition) is 1. The van der Waals surface area contributed by atoms with Crippen LogP contribution in [0.1, 0.15) is 0 Å². The van der Waals surface area contributed by atoms with E-state index >= 15 is 0 Å². The first-order chi connectivity index (χ1) is 6.33. The van der Waals surface area contributed by atoms with Crippen LogP contribution in [-0.2, 0) is 5.11 Å². The molecule has 0 aliphatic rings. The Morgan fingerprint density at radius 2 is 2.00 bits per heavy atom. The highest BCUT2D eigenvalue weighted by molar-refractivity contribution is 5.70. The Kier molecular flexibility index (Phi) is 3.78. The molecule has 0 atom stereocenters. The highest BCUT2D eigenvalue weighted by atomic mass is 16.6. The second kappa shape index (κ2) is 5.16. The van der Waals surface area contributed by atoms with Crippen LogP contribution in [0.3, 0.4) is 0 Å². The van der Waals surface area contributed by atoms with Crippen LogP contribution in [0.15, 0.2) is 30.3 Å². The van der Waals surface area contributed by atoms with Crippen molar-refractivity contribution in [3.05, 3.63) is 30.3 Å². The molecular weight excluding hydrogens is 170 g/mol. The van der Waals surface area contributed by atoms with Gasteiger partial charge in [0.25, 0.3) is 0 Å². The Morgan fingerprint density at radius 1 is 1.31 bits per heavy atom. The lowest BCUT2D eigenvalue weighted by molar-refractivity contribution is 0.176. The van der Waals surface area contributed by atoms with Gasteiger partial charge in [0.2, 0.25) is 0 Å². The molecular formula is C9H10NO3. The summed E-state index contributed by atoms with van der Waals surface area (Å²) in [4.78, 5) is 10.9. The van der Waals surface area contributed by atoms with Gasteiger partial charge in [0, 0.05) is 6.54 Å². The van der Waals surface area contributed by atoms with E-state index in [1.807, 2.05) is 6.07 Å². The third-order valence-corrected chi connectivity index (χ3v) is 1.33. The van der Waals surface area contributed by atoms with Gasteiger partial charge in [-0.05, 0) is 12.1 Å². The van der Waals surface area contributed by atoms with Gasteiger partial charge in [-0.25, -0.2) is 9.90 Å². The first-order valence-electron chi connectivity index (χ1n) is 3.92. The normalized spacial score (nSPS) is 9.31. The lowest BCUT2D eigenvalue weighted by atomic mass is 10.3. The van der Waals surface area contributed by atoms with Crippen LogP contribution in [0.5, 0.6) is 5.75 Å². The summed E-state index contributed by atoms with van der Waals surface area (Å²) in [5.41, 5.74) is 0. The van der Waals surface area contributed by atoms with Crippen LogP contribution in [0.4, 0.5) is 4.79 Å². The molecule has 1 N–H and O–H groups in total. The van der Waals surface area contributed by atoms with Crippen LogP contribution in [0.25, 0.3) is 0 Å². The van der Waals surface area contributed by atoms with E-state index in [1.165, 1.54) is 0 Å². The number of para-hydroxylation sites is 1. The topological polar surface area (TPSA) is 58.2 Å². The monoisotopic (exact) mass is 180 g/mol. The summed E-state index contributed by atoms with van der Waals surface area (Å²) in [7, 11) is 0. The van der Waals surface area contributed by atoms with E-state index in [1.54, 1.807) is 24.3 Å². The smallest absolute Gasteiger partial charge is 0.410 e. The van der Waals surface area contributed by atoms with E-state index in [0.717, 1.165) is 0 Å². The number of rotatable bonds is 3. The average molecular weight is 180 g/mol. The Morgan fingerprint density at radius 3 is 2.62 bits per heavy atom. The standard InChI is InChI=1S/C9H10NO3/c11-7-6-10-9(12)13-8-4-2-1-3-5-8/h1-5H,6-7H2,(H,10,12). The number of ether oxygens (including phenoxy) is 1. The Labute approximate surface area is 76.1 Å². The van der Waals surface area contributed by atoms with Crippen molar-refractivity contribution < 1.29 is 14.6 Å². The SMILES string of the molecule is [O]CCNC(=O)Oc1ccccc1. The van der Waals surface area contributed by atoms with Crippen LogP contribution < -0.4 is 10.1 Å². The molecule has 0 aromatic heterocycles. The van der Waals surface area contributed by atoms with Crippen molar-refractivity contribution in [3.8, 4) is 5.75 Å². The summed E-state index contributed by atoms with van der Waals surface area (Å²) in [6.07, 6.45) is -0.595. The number of nitrogens with one attached hydrogen (secondary N) is 1. The minimum atomic E-state index is -0.595. The van der Waals surface area contributed by atoms with Crippen molar-refractivity contribution in [2.45, 2.75) is 0 Å². The van der Waals surface area contributed by atoms with Gasteiger partial charge in [-0.2, -0.15) is 0 Å². The predicted molar refractivity (Wildman–Crippen MR) is 46.0 cm³/mol. The van der Waals surface area contributed by atoms with Gasteiger partial charge >= 0.3 is 6.09 Å². The molecule has 4 heteroatoms. The molecule has 1 amide bonds. The van der Waals surface area contributed by atoms with E-state index in [4.69, 9.17) is 4.74 Å². The van der Waals surface area contributed by atoms with Gasteiger partial charge in [-0.1, -0.05) is 18.2 Å². The molecule has 1 radical (unpaired) electrons. The summed E-state index contributed by atoms with van der Waals surface area (Å²) in [6, 6.07) is 8.67. The number of benzene rings is 1. The van der Waals surface area contributed by atoms with Gasteiger partial charge in [0.15, 0.2) is 0 Å². The maximum atomic E-state index is 10.9. The quantitative estimate of drug-likeness (QED) is 0.759. The van der Waals surface area contributed by atoms with Crippen molar-refractivity contribution in [2.75, 3.05) is 13.2 Å². The number of carbonyl (C=O) groups excluding carboxylic acids is 1. The average Bonchev–Trinajstić information content (AvgIpc) is 2.16. The van der Waals surface area contributed by atoms with Crippen molar-refractivity contribution >= 4 is 6.09 Å². The van der Waals surface area contributed by atoms with Gasteiger partial charge < -0.3 is 10.1 Å². The lowest BCUT2D eigenvalue weighted by Crippen LogP contribution is -2.29. The number of hydrogen-bond acceptors (Lipinski definition) is 2. The van der Waals surface area contributed by atoms with Gasteiger partial charge in [0.1, 0.15) is 5.75 Å². The second-order valence-electron chi connectivity index (χ2n) is 2.33. The Hall–Kier alpha value is -1.55. The summed E-state index contributed by atoms with van der Waals surface area (Å²) in [5, 5.41) is 12.3. The highest BCUT2D eigenvalue weighted by Crippen LogP contribution is 2.07. The fourth-order valence-electron chi connectivity index (χ4n) is 0.785.